The fourth-order valence-corrected chi connectivity index (χ4v) is 3.41. The van der Waals surface area contributed by atoms with E-state index in [4.69, 9.17) is 0 Å². The number of hydrogen-bond acceptors (Lipinski definition) is 0. The summed E-state index contributed by atoms with van der Waals surface area (Å²) in [6.07, 6.45) is 0. The van der Waals surface area contributed by atoms with Crippen molar-refractivity contribution in [1.82, 2.24) is 0 Å². The Balaban J connectivity index is 1.61. The quantitative estimate of drug-likeness (QED) is 0.371. The third kappa shape index (κ3) is 3.45. The van der Waals surface area contributed by atoms with Crippen LogP contribution < -0.4 is 0 Å². The summed E-state index contributed by atoms with van der Waals surface area (Å²) in [4.78, 5) is 0. The summed E-state index contributed by atoms with van der Waals surface area (Å²) >= 11 is 0. The molecule has 0 aliphatic carbocycles. The van der Waals surface area contributed by atoms with Crippen molar-refractivity contribution in [3.05, 3.63) is 120 Å². The Morgan fingerprint density at radius 1 is 0.423 bits per heavy atom. The van der Waals surface area contributed by atoms with Crippen LogP contribution in [0.3, 0.4) is 0 Å². The first kappa shape index (κ1) is 16.4. The first-order valence-electron chi connectivity index (χ1n) is 9.12. The van der Waals surface area contributed by atoms with E-state index in [0.717, 1.165) is 0 Å². The minimum atomic E-state index is 0.364. The maximum atomic E-state index is 2.31. The smallest absolute Gasteiger partial charge is 0.00612 e. The van der Waals surface area contributed by atoms with Crippen molar-refractivity contribution >= 4 is 0 Å². The third-order valence-electron chi connectivity index (χ3n) is 5.01. The lowest BCUT2D eigenvalue weighted by atomic mass is 9.90. The van der Waals surface area contributed by atoms with E-state index in [2.05, 4.69) is 116 Å². The fraction of sp³-hybridized carbons (Fsp3) is 0.0769. The normalized spacial score (nSPS) is 11.9. The molecule has 1 atom stereocenters. The largest absolute Gasteiger partial charge is 0.0622 e. The lowest BCUT2D eigenvalue weighted by Crippen LogP contribution is -1.96. The number of benzene rings is 4. The molecular weight excluding hydrogens is 312 g/mol. The zero-order valence-electron chi connectivity index (χ0n) is 15.0. The minimum Gasteiger partial charge on any atom is -0.0622 e. The lowest BCUT2D eigenvalue weighted by Gasteiger charge is -2.15. The Hall–Kier alpha value is -3.12. The lowest BCUT2D eigenvalue weighted by molar-refractivity contribution is 0.923. The van der Waals surface area contributed by atoms with Crippen LogP contribution in [0.5, 0.6) is 0 Å². The van der Waals surface area contributed by atoms with Gasteiger partial charge in [0, 0.05) is 5.92 Å². The van der Waals surface area contributed by atoms with Gasteiger partial charge in [-0.2, -0.15) is 0 Å². The molecule has 4 aromatic rings. The molecule has 0 spiro atoms. The molecule has 0 amide bonds. The highest BCUT2D eigenvalue weighted by Crippen LogP contribution is 2.29. The average Bonchev–Trinajstić information content (AvgIpc) is 2.75. The molecule has 4 rings (SSSR count). The monoisotopic (exact) mass is 334 g/mol. The molecule has 0 aliphatic heterocycles. The maximum Gasteiger partial charge on any atom is 0.00612 e. The van der Waals surface area contributed by atoms with Gasteiger partial charge >= 0.3 is 0 Å². The van der Waals surface area contributed by atoms with E-state index in [-0.39, 0.29) is 0 Å². The standard InChI is InChI=1S/C26H22/c1-20(21-15-17-24(18-16-21)22-9-4-2-5-10-22)25-13-8-14-26(19-25)23-11-6-3-7-12-23/h2-20H,1H3. The van der Waals surface area contributed by atoms with E-state index in [1.165, 1.54) is 33.4 Å². The van der Waals surface area contributed by atoms with Crippen LogP contribution in [0.25, 0.3) is 22.3 Å². The summed E-state index contributed by atoms with van der Waals surface area (Å²) in [7, 11) is 0. The number of hydrogen-bond donors (Lipinski definition) is 0. The van der Waals surface area contributed by atoms with Crippen molar-refractivity contribution in [1.29, 1.82) is 0 Å². The molecule has 1 unspecified atom stereocenters. The molecule has 0 heterocycles. The summed E-state index contributed by atoms with van der Waals surface area (Å²) in [5, 5.41) is 0. The zero-order valence-corrected chi connectivity index (χ0v) is 15.0. The summed E-state index contributed by atoms with van der Waals surface area (Å²) in [6, 6.07) is 38.9. The van der Waals surface area contributed by atoms with Crippen molar-refractivity contribution < 1.29 is 0 Å². The highest BCUT2D eigenvalue weighted by Gasteiger charge is 2.10. The van der Waals surface area contributed by atoms with Crippen LogP contribution in [0.15, 0.2) is 109 Å². The average molecular weight is 334 g/mol. The predicted molar refractivity (Wildman–Crippen MR) is 111 cm³/mol. The van der Waals surface area contributed by atoms with E-state index >= 15 is 0 Å². The van der Waals surface area contributed by atoms with E-state index in [1.54, 1.807) is 0 Å². The summed E-state index contributed by atoms with van der Waals surface area (Å²) < 4.78 is 0. The molecule has 0 bridgehead atoms. The van der Waals surface area contributed by atoms with Crippen LogP contribution >= 0.6 is 0 Å². The van der Waals surface area contributed by atoms with E-state index in [9.17, 15) is 0 Å². The Kier molecular flexibility index (Phi) is 4.66. The Morgan fingerprint density at radius 3 is 1.54 bits per heavy atom. The molecule has 0 heteroatoms. The Bertz CT molecular complexity index is 967. The second-order valence-corrected chi connectivity index (χ2v) is 6.70. The van der Waals surface area contributed by atoms with E-state index in [0.29, 0.717) is 5.92 Å². The highest BCUT2D eigenvalue weighted by atomic mass is 14.1. The molecule has 4 aromatic carbocycles. The second-order valence-electron chi connectivity index (χ2n) is 6.70. The summed E-state index contributed by atoms with van der Waals surface area (Å²) in [5.74, 6) is 0.364. The topological polar surface area (TPSA) is 0 Å². The molecule has 0 fully saturated rings. The fourth-order valence-electron chi connectivity index (χ4n) is 3.41. The molecule has 26 heavy (non-hydrogen) atoms. The third-order valence-corrected chi connectivity index (χ3v) is 5.01. The van der Waals surface area contributed by atoms with Crippen molar-refractivity contribution in [3.8, 4) is 22.3 Å². The molecule has 0 aromatic heterocycles. The van der Waals surface area contributed by atoms with Crippen molar-refractivity contribution in [3.63, 3.8) is 0 Å². The Morgan fingerprint density at radius 2 is 0.923 bits per heavy atom. The maximum absolute atomic E-state index is 2.31. The molecule has 0 radical (unpaired) electrons. The summed E-state index contributed by atoms with van der Waals surface area (Å²) in [6.45, 7) is 2.28. The van der Waals surface area contributed by atoms with Gasteiger partial charge in [0.15, 0.2) is 0 Å². The van der Waals surface area contributed by atoms with Gasteiger partial charge in [0.25, 0.3) is 0 Å². The molecule has 0 saturated carbocycles. The molecular formula is C26H22. The Labute approximate surface area is 155 Å². The van der Waals surface area contributed by atoms with Gasteiger partial charge in [0.1, 0.15) is 0 Å². The van der Waals surface area contributed by atoms with Crippen LogP contribution in [0.1, 0.15) is 24.0 Å². The molecule has 126 valence electrons. The first-order chi connectivity index (χ1) is 12.8. The van der Waals surface area contributed by atoms with Gasteiger partial charge in [0.2, 0.25) is 0 Å². The predicted octanol–water partition coefficient (Wildman–Crippen LogP) is 7.17. The highest BCUT2D eigenvalue weighted by molar-refractivity contribution is 5.65. The van der Waals surface area contributed by atoms with Crippen LogP contribution in [-0.2, 0) is 0 Å². The van der Waals surface area contributed by atoms with Gasteiger partial charge in [-0.05, 0) is 33.4 Å². The SMILES string of the molecule is CC(c1ccc(-c2ccccc2)cc1)c1cccc(-c2ccccc2)c1. The minimum absolute atomic E-state index is 0.364. The van der Waals surface area contributed by atoms with Crippen molar-refractivity contribution in [2.75, 3.05) is 0 Å². The van der Waals surface area contributed by atoms with Crippen LogP contribution in [0.4, 0.5) is 0 Å². The van der Waals surface area contributed by atoms with Crippen LogP contribution in [0, 0.1) is 0 Å². The van der Waals surface area contributed by atoms with E-state index < -0.39 is 0 Å². The van der Waals surface area contributed by atoms with Gasteiger partial charge in [-0.15, -0.1) is 0 Å². The van der Waals surface area contributed by atoms with Gasteiger partial charge in [0.05, 0.1) is 0 Å². The van der Waals surface area contributed by atoms with Gasteiger partial charge in [-0.1, -0.05) is 116 Å². The van der Waals surface area contributed by atoms with E-state index in [1.807, 2.05) is 0 Å². The second kappa shape index (κ2) is 7.41. The molecule has 0 aliphatic rings. The van der Waals surface area contributed by atoms with Gasteiger partial charge in [-0.3, -0.25) is 0 Å². The molecule has 0 nitrogen and oxygen atoms in total. The molecule has 0 saturated heterocycles. The first-order valence-corrected chi connectivity index (χ1v) is 9.12. The van der Waals surface area contributed by atoms with Crippen molar-refractivity contribution in [2.45, 2.75) is 12.8 Å². The number of rotatable bonds is 4. The van der Waals surface area contributed by atoms with Gasteiger partial charge < -0.3 is 0 Å². The van der Waals surface area contributed by atoms with Crippen LogP contribution in [0.2, 0.25) is 0 Å². The summed E-state index contributed by atoms with van der Waals surface area (Å²) in [5.41, 5.74) is 7.75. The van der Waals surface area contributed by atoms with Crippen LogP contribution in [-0.4, -0.2) is 0 Å². The van der Waals surface area contributed by atoms with Crippen molar-refractivity contribution in [2.24, 2.45) is 0 Å². The van der Waals surface area contributed by atoms with Gasteiger partial charge in [-0.25, -0.2) is 0 Å². The molecule has 0 N–H and O–H groups in total. The zero-order chi connectivity index (χ0) is 17.8.